The average Bonchev–Trinajstić information content (AvgIpc) is 2.90. The summed E-state index contributed by atoms with van der Waals surface area (Å²) < 4.78 is 2.00. The zero-order valence-electron chi connectivity index (χ0n) is 12.5. The summed E-state index contributed by atoms with van der Waals surface area (Å²) in [6.45, 7) is 6.45. The fraction of sp³-hybridized carbons (Fsp3) is 0.500. The zero-order valence-corrected chi connectivity index (χ0v) is 12.5. The Kier molecular flexibility index (Phi) is 3.47. The van der Waals surface area contributed by atoms with Crippen LogP contribution >= 0.6 is 0 Å². The molecule has 0 fully saturated rings. The van der Waals surface area contributed by atoms with Crippen LogP contribution in [0, 0.1) is 0 Å². The van der Waals surface area contributed by atoms with E-state index < -0.39 is 0 Å². The maximum Gasteiger partial charge on any atom is 0.151 e. The van der Waals surface area contributed by atoms with Crippen LogP contribution in [0.15, 0.2) is 18.2 Å². The highest BCUT2D eigenvalue weighted by Gasteiger charge is 2.16. The number of aromatic nitrogens is 3. The molecule has 0 radical (unpaired) electrons. The molecule has 0 bridgehead atoms. The minimum absolute atomic E-state index is 0.567. The Bertz CT molecular complexity index is 615. The Morgan fingerprint density at radius 1 is 1.30 bits per heavy atom. The molecule has 1 unspecified atom stereocenters. The lowest BCUT2D eigenvalue weighted by molar-refractivity contribution is 0.679. The molecule has 1 aromatic carbocycles. The number of nitrogens with zero attached hydrogens (tertiary/aromatic N) is 3. The number of benzene rings is 1. The lowest BCUT2D eigenvalue weighted by Crippen LogP contribution is -2.22. The number of aryl methyl sites for hydroxylation is 3. The Morgan fingerprint density at radius 3 is 2.90 bits per heavy atom. The van der Waals surface area contributed by atoms with Crippen molar-refractivity contribution in [1.82, 2.24) is 14.8 Å². The topological polar surface area (TPSA) is 42.7 Å². The highest BCUT2D eigenvalue weighted by atomic mass is 15.3. The first-order valence-corrected chi connectivity index (χ1v) is 7.56. The summed E-state index contributed by atoms with van der Waals surface area (Å²) in [4.78, 5) is 4.58. The normalized spacial score (nSPS) is 17.6. The Morgan fingerprint density at radius 2 is 2.15 bits per heavy atom. The first-order valence-electron chi connectivity index (χ1n) is 7.56. The van der Waals surface area contributed by atoms with Gasteiger partial charge in [-0.1, -0.05) is 13.8 Å². The van der Waals surface area contributed by atoms with Crippen LogP contribution < -0.4 is 5.32 Å². The minimum atomic E-state index is 0.567. The highest BCUT2D eigenvalue weighted by molar-refractivity contribution is 5.58. The van der Waals surface area contributed by atoms with Gasteiger partial charge in [0, 0.05) is 24.6 Å². The summed E-state index contributed by atoms with van der Waals surface area (Å²) in [6.07, 6.45) is 4.10. The van der Waals surface area contributed by atoms with Gasteiger partial charge in [-0.25, -0.2) is 9.67 Å². The van der Waals surface area contributed by atoms with Crippen LogP contribution in [-0.4, -0.2) is 20.8 Å². The fourth-order valence-corrected chi connectivity index (χ4v) is 2.75. The van der Waals surface area contributed by atoms with E-state index in [0.717, 1.165) is 36.6 Å². The summed E-state index contributed by atoms with van der Waals surface area (Å²) in [5, 5.41) is 8.16. The molecule has 2 heterocycles. The van der Waals surface area contributed by atoms with Crippen molar-refractivity contribution in [2.45, 2.75) is 52.5 Å². The zero-order chi connectivity index (χ0) is 14.1. The maximum absolute atomic E-state index is 4.62. The molecule has 4 nitrogen and oxygen atoms in total. The summed E-state index contributed by atoms with van der Waals surface area (Å²) in [7, 11) is 0. The van der Waals surface area contributed by atoms with Gasteiger partial charge in [0.1, 0.15) is 5.82 Å². The Hall–Kier alpha value is -1.84. The molecule has 1 N–H and O–H groups in total. The number of rotatable bonds is 3. The molecule has 0 aliphatic carbocycles. The van der Waals surface area contributed by atoms with Gasteiger partial charge < -0.3 is 5.32 Å². The molecule has 1 aliphatic rings. The first kappa shape index (κ1) is 13.2. The molecule has 1 atom stereocenters. The van der Waals surface area contributed by atoms with Crippen molar-refractivity contribution in [3.05, 3.63) is 35.4 Å². The van der Waals surface area contributed by atoms with Crippen molar-refractivity contribution in [3.63, 3.8) is 0 Å². The predicted octanol–water partition coefficient (Wildman–Crippen LogP) is 3.14. The van der Waals surface area contributed by atoms with Crippen LogP contribution in [-0.2, 0) is 19.3 Å². The molecule has 106 valence electrons. The van der Waals surface area contributed by atoms with Crippen molar-refractivity contribution < 1.29 is 0 Å². The van der Waals surface area contributed by atoms with Crippen LogP contribution in [0.4, 0.5) is 5.69 Å². The van der Waals surface area contributed by atoms with Crippen molar-refractivity contribution in [2.24, 2.45) is 0 Å². The molecular formula is C16H22N4. The van der Waals surface area contributed by atoms with Crippen LogP contribution in [0.3, 0.4) is 0 Å². The number of hydrogen-bond donors (Lipinski definition) is 1. The van der Waals surface area contributed by atoms with Crippen LogP contribution in [0.1, 0.15) is 44.4 Å². The molecule has 3 rings (SSSR count). The lowest BCUT2D eigenvalue weighted by atomic mass is 9.98. The summed E-state index contributed by atoms with van der Waals surface area (Å²) in [5.74, 6) is 1.96. The smallest absolute Gasteiger partial charge is 0.151 e. The Balaban J connectivity index is 2.00. The van der Waals surface area contributed by atoms with Gasteiger partial charge in [-0.3, -0.25) is 0 Å². The Labute approximate surface area is 120 Å². The predicted molar refractivity (Wildman–Crippen MR) is 81.5 cm³/mol. The largest absolute Gasteiger partial charge is 0.382 e. The van der Waals surface area contributed by atoms with Crippen molar-refractivity contribution in [3.8, 4) is 5.69 Å². The summed E-state index contributed by atoms with van der Waals surface area (Å²) in [6, 6.07) is 7.13. The summed E-state index contributed by atoms with van der Waals surface area (Å²) >= 11 is 0. The van der Waals surface area contributed by atoms with Crippen molar-refractivity contribution in [1.29, 1.82) is 0 Å². The van der Waals surface area contributed by atoms with E-state index in [1.165, 1.54) is 17.7 Å². The maximum atomic E-state index is 4.62. The molecule has 0 saturated heterocycles. The van der Waals surface area contributed by atoms with E-state index in [4.69, 9.17) is 0 Å². The van der Waals surface area contributed by atoms with E-state index in [1.807, 2.05) is 4.68 Å². The molecule has 2 aromatic rings. The van der Waals surface area contributed by atoms with E-state index in [2.05, 4.69) is 54.4 Å². The van der Waals surface area contributed by atoms with Gasteiger partial charge >= 0.3 is 0 Å². The van der Waals surface area contributed by atoms with Crippen LogP contribution in [0.5, 0.6) is 0 Å². The SMILES string of the molecule is CCc1nc(CC)n(-c2ccc3c(c2)CCC(C)N3)n1. The lowest BCUT2D eigenvalue weighted by Gasteiger charge is -2.24. The van der Waals surface area contributed by atoms with Crippen molar-refractivity contribution >= 4 is 5.69 Å². The minimum Gasteiger partial charge on any atom is -0.382 e. The average molecular weight is 270 g/mol. The van der Waals surface area contributed by atoms with Gasteiger partial charge in [0.15, 0.2) is 5.82 Å². The van der Waals surface area contributed by atoms with Gasteiger partial charge in [0.05, 0.1) is 5.69 Å². The molecular weight excluding hydrogens is 248 g/mol. The molecule has 0 amide bonds. The van der Waals surface area contributed by atoms with Crippen LogP contribution in [0.2, 0.25) is 0 Å². The van der Waals surface area contributed by atoms with Gasteiger partial charge in [-0.05, 0) is 43.5 Å². The second kappa shape index (κ2) is 5.27. The van der Waals surface area contributed by atoms with Gasteiger partial charge in [-0.15, -0.1) is 0 Å². The van der Waals surface area contributed by atoms with Crippen molar-refractivity contribution in [2.75, 3.05) is 5.32 Å². The molecule has 0 saturated carbocycles. The second-order valence-electron chi connectivity index (χ2n) is 5.49. The van der Waals surface area contributed by atoms with Crippen LogP contribution in [0.25, 0.3) is 5.69 Å². The number of nitrogens with one attached hydrogen (secondary N) is 1. The van der Waals surface area contributed by atoms with E-state index in [-0.39, 0.29) is 0 Å². The number of anilines is 1. The third-order valence-corrected chi connectivity index (χ3v) is 3.93. The third-order valence-electron chi connectivity index (χ3n) is 3.93. The van der Waals surface area contributed by atoms with Gasteiger partial charge in [0.2, 0.25) is 0 Å². The van der Waals surface area contributed by atoms with Gasteiger partial charge in [-0.2, -0.15) is 5.10 Å². The van der Waals surface area contributed by atoms with E-state index in [1.54, 1.807) is 0 Å². The van der Waals surface area contributed by atoms with Gasteiger partial charge in [0.25, 0.3) is 0 Å². The molecule has 0 spiro atoms. The standard InChI is InChI=1S/C16H22N4/c1-4-15-18-16(5-2)20(19-15)13-8-9-14-12(10-13)7-6-11(3)17-14/h8-11,17H,4-7H2,1-3H3. The molecule has 1 aromatic heterocycles. The monoisotopic (exact) mass is 270 g/mol. The molecule has 4 heteroatoms. The quantitative estimate of drug-likeness (QED) is 0.931. The fourth-order valence-electron chi connectivity index (χ4n) is 2.75. The van der Waals surface area contributed by atoms with E-state index in [0.29, 0.717) is 6.04 Å². The van der Waals surface area contributed by atoms with E-state index >= 15 is 0 Å². The molecule has 1 aliphatic heterocycles. The summed E-state index contributed by atoms with van der Waals surface area (Å²) in [5.41, 5.74) is 3.78. The highest BCUT2D eigenvalue weighted by Crippen LogP contribution is 2.27. The first-order chi connectivity index (χ1) is 9.71. The molecule has 20 heavy (non-hydrogen) atoms. The second-order valence-corrected chi connectivity index (χ2v) is 5.49. The van der Waals surface area contributed by atoms with E-state index in [9.17, 15) is 0 Å². The number of fused-ring (bicyclic) bond motifs is 1. The number of hydrogen-bond acceptors (Lipinski definition) is 3. The third kappa shape index (κ3) is 2.30.